The van der Waals surface area contributed by atoms with E-state index < -0.39 is 15.1 Å². The van der Waals surface area contributed by atoms with Crippen molar-refractivity contribution in [3.05, 3.63) is 54.1 Å². The molecule has 124 valence electrons. The maximum Gasteiger partial charge on any atom is 0.231 e. The number of sulfone groups is 1. The van der Waals surface area contributed by atoms with Gasteiger partial charge in [0.1, 0.15) is 0 Å². The molecule has 2 aromatic carbocycles. The van der Waals surface area contributed by atoms with Gasteiger partial charge in [-0.05, 0) is 29.8 Å². The first kappa shape index (κ1) is 15.4. The number of rotatable bonds is 4. The Hall–Kier alpha value is -2.12. The van der Waals surface area contributed by atoms with Gasteiger partial charge in [0.25, 0.3) is 0 Å². The summed E-state index contributed by atoms with van der Waals surface area (Å²) in [7, 11) is -3.51. The first-order chi connectivity index (χ1) is 11.5. The Kier molecular flexibility index (Phi) is 3.51. The zero-order valence-electron chi connectivity index (χ0n) is 12.6. The molecule has 0 saturated heterocycles. The van der Waals surface area contributed by atoms with Gasteiger partial charge in [-0.3, -0.25) is 0 Å². The molecule has 2 aromatic rings. The summed E-state index contributed by atoms with van der Waals surface area (Å²) in [6.07, 6.45) is 0. The van der Waals surface area contributed by atoms with Gasteiger partial charge in [-0.2, -0.15) is 0 Å². The van der Waals surface area contributed by atoms with E-state index in [1.54, 1.807) is 36.4 Å². The Bertz CT molecular complexity index is 911. The van der Waals surface area contributed by atoms with Crippen molar-refractivity contribution in [1.29, 1.82) is 0 Å². The van der Waals surface area contributed by atoms with Crippen molar-refractivity contribution in [1.82, 2.24) is 0 Å². The minimum absolute atomic E-state index is 0.175. The predicted octanol–water partition coefficient (Wildman–Crippen LogP) is 2.26. The van der Waals surface area contributed by atoms with Crippen molar-refractivity contribution in [3.8, 4) is 11.5 Å². The van der Waals surface area contributed by atoms with E-state index in [1.807, 2.05) is 12.1 Å². The van der Waals surface area contributed by atoms with E-state index in [0.717, 1.165) is 5.56 Å². The lowest BCUT2D eigenvalue weighted by Crippen LogP contribution is -2.17. The van der Waals surface area contributed by atoms with Crippen molar-refractivity contribution >= 4 is 27.0 Å². The summed E-state index contributed by atoms with van der Waals surface area (Å²) < 4.78 is 36.6. The number of hydrogen-bond donors (Lipinski definition) is 1. The van der Waals surface area contributed by atoms with Gasteiger partial charge in [-0.25, -0.2) is 8.42 Å². The SMILES string of the molecule is NC(=S)[C@@H]1[C@H](c2ccc3c(c2)OCO3)[C@@H]1S(=O)(=O)c1ccccc1. The fourth-order valence-corrected chi connectivity index (χ4v) is 5.85. The molecule has 0 amide bonds. The van der Waals surface area contributed by atoms with Gasteiger partial charge in [-0.15, -0.1) is 0 Å². The van der Waals surface area contributed by atoms with Crippen LogP contribution in [0.1, 0.15) is 11.5 Å². The molecule has 0 aromatic heterocycles. The third-order valence-electron chi connectivity index (χ3n) is 4.49. The zero-order chi connectivity index (χ0) is 16.9. The first-order valence-corrected chi connectivity index (χ1v) is 9.43. The molecular weight excluding hydrogens is 346 g/mol. The molecule has 0 spiro atoms. The summed E-state index contributed by atoms with van der Waals surface area (Å²) in [6, 6.07) is 13.9. The van der Waals surface area contributed by atoms with Crippen LogP contribution in [0.3, 0.4) is 0 Å². The third kappa shape index (κ3) is 2.35. The largest absolute Gasteiger partial charge is 0.454 e. The van der Waals surface area contributed by atoms with Crippen molar-refractivity contribution in [3.63, 3.8) is 0 Å². The van der Waals surface area contributed by atoms with Crippen molar-refractivity contribution in [2.45, 2.75) is 16.1 Å². The Labute approximate surface area is 145 Å². The summed E-state index contributed by atoms with van der Waals surface area (Å²) in [6.45, 7) is 0.175. The smallest absolute Gasteiger partial charge is 0.231 e. The van der Waals surface area contributed by atoms with E-state index in [0.29, 0.717) is 16.4 Å². The van der Waals surface area contributed by atoms with Crippen LogP contribution in [0.15, 0.2) is 53.4 Å². The fraction of sp³-hybridized carbons (Fsp3) is 0.235. The molecule has 2 aliphatic rings. The molecule has 1 aliphatic carbocycles. The average Bonchev–Trinajstić information content (AvgIpc) is 3.19. The molecule has 2 N–H and O–H groups in total. The second-order valence-electron chi connectivity index (χ2n) is 5.89. The Morgan fingerprint density at radius 1 is 1.08 bits per heavy atom. The van der Waals surface area contributed by atoms with Crippen LogP contribution in [-0.4, -0.2) is 25.4 Å². The molecule has 5 nitrogen and oxygen atoms in total. The number of benzene rings is 2. The van der Waals surface area contributed by atoms with Crippen LogP contribution in [0.5, 0.6) is 11.5 Å². The monoisotopic (exact) mass is 361 g/mol. The zero-order valence-corrected chi connectivity index (χ0v) is 14.2. The van der Waals surface area contributed by atoms with Crippen molar-refractivity contribution in [2.24, 2.45) is 11.7 Å². The van der Waals surface area contributed by atoms with Crippen molar-refractivity contribution in [2.75, 3.05) is 6.79 Å². The summed E-state index contributed by atoms with van der Waals surface area (Å²) in [4.78, 5) is 0.515. The Balaban J connectivity index is 1.72. The van der Waals surface area contributed by atoms with E-state index in [1.165, 1.54) is 0 Å². The Morgan fingerprint density at radius 2 is 1.79 bits per heavy atom. The van der Waals surface area contributed by atoms with Gasteiger partial charge in [0.2, 0.25) is 6.79 Å². The highest BCUT2D eigenvalue weighted by Crippen LogP contribution is 2.55. The Morgan fingerprint density at radius 3 is 2.50 bits per heavy atom. The van der Waals surface area contributed by atoms with Gasteiger partial charge in [0.05, 0.1) is 15.1 Å². The number of fused-ring (bicyclic) bond motifs is 1. The minimum atomic E-state index is -3.51. The average molecular weight is 361 g/mol. The van der Waals surface area contributed by atoms with E-state index in [-0.39, 0.29) is 23.6 Å². The van der Waals surface area contributed by atoms with E-state index in [2.05, 4.69) is 0 Å². The van der Waals surface area contributed by atoms with Gasteiger partial charge in [-0.1, -0.05) is 36.5 Å². The van der Waals surface area contributed by atoms with Gasteiger partial charge >= 0.3 is 0 Å². The molecule has 7 heteroatoms. The molecule has 1 fully saturated rings. The summed E-state index contributed by atoms with van der Waals surface area (Å²) in [5, 5.41) is -0.641. The van der Waals surface area contributed by atoms with Crippen LogP contribution in [0, 0.1) is 5.92 Å². The van der Waals surface area contributed by atoms with Crippen molar-refractivity contribution < 1.29 is 17.9 Å². The van der Waals surface area contributed by atoms with Crippen LogP contribution < -0.4 is 15.2 Å². The lowest BCUT2D eigenvalue weighted by molar-refractivity contribution is 0.174. The molecule has 1 aliphatic heterocycles. The first-order valence-electron chi connectivity index (χ1n) is 7.48. The standard InChI is InChI=1S/C17H15NO4S2/c18-17(23)15-14(10-6-7-12-13(8-10)22-9-21-12)16(15)24(19,20)11-4-2-1-3-5-11/h1-8,14-16H,9H2,(H2,18,23)/t14-,15+,16-/m0/s1. The lowest BCUT2D eigenvalue weighted by Gasteiger charge is -2.04. The molecular formula is C17H15NO4S2. The molecule has 1 saturated carbocycles. The highest BCUT2D eigenvalue weighted by molar-refractivity contribution is 7.92. The fourth-order valence-electron chi connectivity index (χ4n) is 3.29. The number of nitrogens with two attached hydrogens (primary N) is 1. The topological polar surface area (TPSA) is 78.6 Å². The lowest BCUT2D eigenvalue weighted by atomic mass is 10.1. The van der Waals surface area contributed by atoms with Gasteiger partial charge < -0.3 is 15.2 Å². The molecule has 4 rings (SSSR count). The summed E-state index contributed by atoms with van der Waals surface area (Å²) in [5.74, 6) is 0.651. The number of thiocarbonyl (C=S) groups is 1. The van der Waals surface area contributed by atoms with Crippen LogP contribution in [0.25, 0.3) is 0 Å². The van der Waals surface area contributed by atoms with Gasteiger partial charge in [0, 0.05) is 11.8 Å². The second-order valence-corrected chi connectivity index (χ2v) is 8.47. The normalized spacial score (nSPS) is 24.6. The van der Waals surface area contributed by atoms with Crippen LogP contribution >= 0.6 is 12.2 Å². The number of ether oxygens (including phenoxy) is 2. The van der Waals surface area contributed by atoms with Crippen LogP contribution in [0.2, 0.25) is 0 Å². The van der Waals surface area contributed by atoms with Crippen LogP contribution in [0.4, 0.5) is 0 Å². The van der Waals surface area contributed by atoms with E-state index in [4.69, 9.17) is 27.4 Å². The molecule has 3 atom stereocenters. The maximum absolute atomic E-state index is 13.0. The maximum atomic E-state index is 13.0. The summed E-state index contributed by atoms with van der Waals surface area (Å²) >= 11 is 5.11. The highest BCUT2D eigenvalue weighted by atomic mass is 32.2. The summed E-state index contributed by atoms with van der Waals surface area (Å²) in [5.41, 5.74) is 6.66. The molecule has 0 unspecified atom stereocenters. The predicted molar refractivity (Wildman–Crippen MR) is 93.0 cm³/mol. The van der Waals surface area contributed by atoms with E-state index >= 15 is 0 Å². The molecule has 0 bridgehead atoms. The molecule has 24 heavy (non-hydrogen) atoms. The quantitative estimate of drug-likeness (QED) is 0.842. The van der Waals surface area contributed by atoms with Gasteiger partial charge in [0.15, 0.2) is 21.3 Å². The number of hydrogen-bond acceptors (Lipinski definition) is 5. The van der Waals surface area contributed by atoms with E-state index in [9.17, 15) is 8.42 Å². The third-order valence-corrected chi connectivity index (χ3v) is 7.00. The highest BCUT2D eigenvalue weighted by Gasteiger charge is 2.60. The molecule has 0 radical (unpaired) electrons. The minimum Gasteiger partial charge on any atom is -0.454 e. The second kappa shape index (κ2) is 5.46. The molecule has 1 heterocycles. The van der Waals surface area contributed by atoms with Crippen LogP contribution in [-0.2, 0) is 9.84 Å².